The average Bonchev–Trinajstić information content (AvgIpc) is 1.13. The molecule has 2 N–H and O–H groups in total. The van der Waals surface area contributed by atoms with Gasteiger partial charge in [-0.05, 0) is 200 Å². The fourth-order valence-electron chi connectivity index (χ4n) is 8.80. The molecule has 2 aromatic rings. The summed E-state index contributed by atoms with van der Waals surface area (Å²) in [6.45, 7) is 47.8. The maximum atomic E-state index is 11.8. The molecule has 2 aromatic carbocycles. The number of carboxylic acids is 2. The van der Waals surface area contributed by atoms with Gasteiger partial charge in [0.05, 0.1) is 83.9 Å². The first-order valence-electron chi connectivity index (χ1n) is 41.2. The Balaban J connectivity index is -0.000000649. The third kappa shape index (κ3) is 51.2. The van der Waals surface area contributed by atoms with Crippen LogP contribution in [0.3, 0.4) is 0 Å². The number of unbranched alkanes of at least 4 members (excludes halogenated alkanes) is 2. The van der Waals surface area contributed by atoms with Gasteiger partial charge in [0.25, 0.3) is 0 Å². The van der Waals surface area contributed by atoms with Crippen molar-refractivity contribution in [2.45, 2.75) is 293 Å². The molecule has 0 bridgehead atoms. The molecule has 2 unspecified atom stereocenters. The van der Waals surface area contributed by atoms with Crippen LogP contribution in [0.5, 0.6) is 0 Å². The van der Waals surface area contributed by atoms with Gasteiger partial charge < -0.3 is 85.7 Å². The molecule has 666 valence electrons. The van der Waals surface area contributed by atoms with Crippen molar-refractivity contribution in [3.63, 3.8) is 0 Å². The standard InChI is InChI=1S/C18H25NO5.C17H23NO6.2C14H28O2.C12H26O5Si.C12H26O4Si/c1-4-18(2,3)17(23)24-12-11-19-15(20)10-7-13-5-8-14(9-6-13)16(21)22;1-4-17(2,3)15(21)23-10-9-18-16(22)24-11-12-5-7-13(8-6-12)14(19)20;2*1-6-9-10-12(7-2)11-16-13(15)14(4,5)8-3;1-7-12(2,3)11(13)17-9-8-10-18(14-4,15-5)16-6;1-7-12(2,3)11(13)16-9-8-10-17(6,14-4)15-5/h5-6,8-9H,4,7,10-12H2,1-3H3,(H,19,20)(H,21,22);5-8H,4,9-11H2,1-3H3,(H,18,22)(H,19,20);2*12H,6-11H2,1-5H3;7-10H2,1-6H3;7-10H2,1-6H3/p-2. The zero-order chi connectivity index (χ0) is 89.3. The molecular formula is C87H154N2O24Si2-2. The molecule has 0 aromatic heterocycles. The minimum Gasteiger partial charge on any atom is -0.545 e. The van der Waals surface area contributed by atoms with Crippen LogP contribution in [-0.2, 0) is 102 Å². The molecular weight excluding hydrogens is 1510 g/mol. The highest BCUT2D eigenvalue weighted by Crippen LogP contribution is 2.28. The van der Waals surface area contributed by atoms with E-state index in [0.717, 1.165) is 56.6 Å². The molecule has 0 aliphatic carbocycles. The fraction of sp³-hybridized carbons (Fsp3) is 0.747. The van der Waals surface area contributed by atoms with E-state index in [1.807, 2.05) is 117 Å². The number of carbonyl (C=O) groups is 10. The van der Waals surface area contributed by atoms with Crippen LogP contribution >= 0.6 is 0 Å². The van der Waals surface area contributed by atoms with E-state index in [0.29, 0.717) is 75.6 Å². The van der Waals surface area contributed by atoms with Gasteiger partial charge in [-0.15, -0.1) is 0 Å². The van der Waals surface area contributed by atoms with E-state index < -0.39 is 51.6 Å². The van der Waals surface area contributed by atoms with Crippen LogP contribution < -0.4 is 20.8 Å². The van der Waals surface area contributed by atoms with Crippen molar-refractivity contribution in [3.05, 3.63) is 70.8 Å². The highest BCUT2D eigenvalue weighted by Gasteiger charge is 2.38. The maximum absolute atomic E-state index is 11.8. The maximum Gasteiger partial charge on any atom is 0.500 e. The van der Waals surface area contributed by atoms with E-state index in [1.165, 1.54) is 74.9 Å². The fourth-order valence-corrected chi connectivity index (χ4v) is 11.8. The van der Waals surface area contributed by atoms with E-state index in [-0.39, 0.29) is 108 Å². The minimum atomic E-state index is -2.53. The first kappa shape index (κ1) is 114. The van der Waals surface area contributed by atoms with Crippen LogP contribution in [0.15, 0.2) is 48.5 Å². The number of aryl methyl sites for hydroxylation is 1. The summed E-state index contributed by atoms with van der Waals surface area (Å²) in [7, 11) is 3.51. The number of amides is 2. The number of carbonyl (C=O) groups excluding carboxylic acids is 10. The summed E-state index contributed by atoms with van der Waals surface area (Å²) in [5, 5.41) is 26.4. The number of rotatable bonds is 50. The van der Waals surface area contributed by atoms with E-state index in [9.17, 15) is 58.2 Å². The van der Waals surface area contributed by atoms with E-state index in [1.54, 1.807) is 61.5 Å². The van der Waals surface area contributed by atoms with Gasteiger partial charge in [0.15, 0.2) is 0 Å². The van der Waals surface area contributed by atoms with Crippen molar-refractivity contribution in [3.8, 4) is 0 Å². The van der Waals surface area contributed by atoms with E-state index in [2.05, 4.69) is 38.3 Å². The quantitative estimate of drug-likeness (QED) is 0.0269. The molecule has 2 atom stereocenters. The number of nitrogens with one attached hydrogen (secondary N) is 2. The molecule has 28 heteroatoms. The van der Waals surface area contributed by atoms with E-state index in [4.69, 9.17) is 55.3 Å². The Labute approximate surface area is 694 Å². The molecule has 115 heavy (non-hydrogen) atoms. The van der Waals surface area contributed by atoms with Gasteiger partial charge in [0.1, 0.15) is 19.8 Å². The van der Waals surface area contributed by atoms with Crippen LogP contribution in [0, 0.1) is 44.3 Å². The Morgan fingerprint density at radius 3 is 0.983 bits per heavy atom. The van der Waals surface area contributed by atoms with Crippen LogP contribution in [-0.4, -0.2) is 165 Å². The third-order valence-corrected chi connectivity index (χ3v) is 26.7. The average molecular weight is 1670 g/mol. The highest BCUT2D eigenvalue weighted by molar-refractivity contribution is 6.65. The van der Waals surface area contributed by atoms with Crippen LogP contribution in [0.1, 0.15) is 293 Å². The predicted molar refractivity (Wildman–Crippen MR) is 449 cm³/mol. The first-order valence-corrected chi connectivity index (χ1v) is 45.7. The zero-order valence-electron chi connectivity index (χ0n) is 76.1. The summed E-state index contributed by atoms with van der Waals surface area (Å²) in [5.41, 5.74) is -0.842. The first-order chi connectivity index (χ1) is 53.6. The normalized spacial score (nSPS) is 12.1. The zero-order valence-corrected chi connectivity index (χ0v) is 78.1. The highest BCUT2D eigenvalue weighted by atomic mass is 28.4. The van der Waals surface area contributed by atoms with Crippen molar-refractivity contribution in [1.82, 2.24) is 10.6 Å². The van der Waals surface area contributed by atoms with Gasteiger partial charge >= 0.3 is 59.3 Å². The lowest BCUT2D eigenvalue weighted by Gasteiger charge is -2.24. The molecule has 0 saturated heterocycles. The third-order valence-electron chi connectivity index (χ3n) is 20.9. The summed E-state index contributed by atoms with van der Waals surface area (Å²) in [6, 6.07) is 13.5. The molecule has 0 fully saturated rings. The predicted octanol–water partition coefficient (Wildman–Crippen LogP) is 15.7. The summed E-state index contributed by atoms with van der Waals surface area (Å²) in [5.74, 6) is -2.53. The summed E-state index contributed by atoms with van der Waals surface area (Å²) in [6.07, 6.45) is 15.6. The Morgan fingerprint density at radius 1 is 0.383 bits per heavy atom. The van der Waals surface area contributed by atoms with Gasteiger partial charge in [0.2, 0.25) is 5.91 Å². The molecule has 0 aliphatic rings. The molecule has 0 heterocycles. The molecule has 0 aliphatic heterocycles. The Kier molecular flexibility index (Phi) is 61.2. The largest absolute Gasteiger partial charge is 0.545 e. The summed E-state index contributed by atoms with van der Waals surface area (Å²) in [4.78, 5) is 115. The Hall–Kier alpha value is -6.83. The van der Waals surface area contributed by atoms with Crippen molar-refractivity contribution in [1.29, 1.82) is 0 Å². The molecule has 0 saturated carbocycles. The van der Waals surface area contributed by atoms with Crippen molar-refractivity contribution in [2.75, 3.05) is 88.3 Å². The van der Waals surface area contributed by atoms with Crippen LogP contribution in [0.25, 0.3) is 0 Å². The SMILES string of the molecule is CCC(C)(C)C(=O)OCCC[Si](C)(OC)OC.CCC(C)(C)C(=O)OCCC[Si](OC)(OC)OC.CCC(C)(C)C(=O)OCCNC(=O)CCc1ccc(C(=O)[O-])cc1.CCC(C)(C)C(=O)OCCNC(=O)OCc1ccc(C(=O)[O-])cc1.CCCCC(CC)COC(=O)C(C)(C)CC.CCCCC(CC)COC(=O)C(C)(C)CC. The number of aromatic carboxylic acids is 2. The lowest BCUT2D eigenvalue weighted by Crippen LogP contribution is -2.42. The van der Waals surface area contributed by atoms with Gasteiger partial charge in [-0.3, -0.25) is 33.6 Å². The van der Waals surface area contributed by atoms with Gasteiger partial charge in [0, 0.05) is 48.0 Å². The minimum absolute atomic E-state index is 0.00180. The Morgan fingerprint density at radius 2 is 0.687 bits per heavy atom. The number of esters is 6. The molecule has 0 spiro atoms. The Bertz CT molecular complexity index is 2880. The number of hydrogen-bond donors (Lipinski definition) is 2. The smallest absolute Gasteiger partial charge is 0.500 e. The number of ether oxygens (including phenoxy) is 7. The summed E-state index contributed by atoms with van der Waals surface area (Å²) < 4.78 is 63.1. The van der Waals surface area contributed by atoms with Crippen LogP contribution in [0.2, 0.25) is 18.6 Å². The van der Waals surface area contributed by atoms with Gasteiger partial charge in [-0.2, -0.15) is 0 Å². The lowest BCUT2D eigenvalue weighted by molar-refractivity contribution is -0.256. The van der Waals surface area contributed by atoms with Crippen LogP contribution in [0.4, 0.5) is 4.79 Å². The van der Waals surface area contributed by atoms with Crippen molar-refractivity contribution in [2.24, 2.45) is 44.3 Å². The van der Waals surface area contributed by atoms with Crippen molar-refractivity contribution < 1.29 is 113 Å². The number of hydrogen-bond acceptors (Lipinski definition) is 24. The van der Waals surface area contributed by atoms with Crippen molar-refractivity contribution >= 4 is 77.1 Å². The second-order valence-corrected chi connectivity index (χ2v) is 39.0. The monoisotopic (exact) mass is 1670 g/mol. The van der Waals surface area contributed by atoms with E-state index >= 15 is 0 Å². The second kappa shape index (κ2) is 61.5. The molecule has 2 amide bonds. The van der Waals surface area contributed by atoms with Gasteiger partial charge in [-0.1, -0.05) is 156 Å². The lowest BCUT2D eigenvalue weighted by atomic mass is 9.90. The topological polar surface area (TPSA) is 352 Å². The molecule has 0 radical (unpaired) electrons. The molecule has 2 rings (SSSR count). The summed E-state index contributed by atoms with van der Waals surface area (Å²) >= 11 is 0. The second-order valence-electron chi connectivity index (χ2n) is 32.4. The number of alkyl carbamates (subject to hydrolysis) is 1. The van der Waals surface area contributed by atoms with Gasteiger partial charge in [-0.25, -0.2) is 4.79 Å². The number of benzene rings is 2. The number of carboxylic acid groups (broad SMARTS) is 2. The molecule has 26 nitrogen and oxygen atoms in total.